The van der Waals surface area contributed by atoms with Gasteiger partial charge >= 0.3 is 0 Å². The van der Waals surface area contributed by atoms with Crippen LogP contribution in [0.15, 0.2) is 54.6 Å². The van der Waals surface area contributed by atoms with Crippen molar-refractivity contribution in [3.05, 3.63) is 71.7 Å². The molecule has 0 aliphatic heterocycles. The van der Waals surface area contributed by atoms with Crippen LogP contribution in [-0.4, -0.2) is 39.0 Å². The van der Waals surface area contributed by atoms with E-state index in [1.54, 1.807) is 29.8 Å². The zero-order valence-electron chi connectivity index (χ0n) is 17.5. The maximum Gasteiger partial charge on any atom is 0.227 e. The third-order valence-electron chi connectivity index (χ3n) is 5.30. The van der Waals surface area contributed by atoms with Crippen LogP contribution in [0.25, 0.3) is 5.69 Å². The third kappa shape index (κ3) is 4.89. The van der Waals surface area contributed by atoms with Crippen molar-refractivity contribution in [2.75, 3.05) is 13.1 Å². The number of nitrogens with zero attached hydrogens (tertiary/aromatic N) is 3. The van der Waals surface area contributed by atoms with Gasteiger partial charge in [-0.1, -0.05) is 30.3 Å². The lowest BCUT2D eigenvalue weighted by Gasteiger charge is -2.24. The average molecular weight is 410 g/mol. The molecule has 158 valence electrons. The minimum Gasteiger partial charge on any atom is -0.435 e. The lowest BCUT2D eigenvalue weighted by Crippen LogP contribution is -2.32. The van der Waals surface area contributed by atoms with Crippen LogP contribution in [0, 0.1) is 18.7 Å². The highest BCUT2D eigenvalue weighted by molar-refractivity contribution is 5.43. The second-order valence-electron chi connectivity index (χ2n) is 8.14. The molecule has 0 radical (unpaired) electrons. The van der Waals surface area contributed by atoms with Gasteiger partial charge in [-0.25, -0.2) is 9.07 Å². The molecule has 1 aromatic heterocycles. The first-order valence-corrected chi connectivity index (χ1v) is 10.5. The Labute approximate surface area is 176 Å². The number of para-hydroxylation sites is 2. The number of aryl methyl sites for hydroxylation is 1. The highest BCUT2D eigenvalue weighted by Gasteiger charge is 2.27. The van der Waals surface area contributed by atoms with Crippen LogP contribution in [0.4, 0.5) is 4.39 Å². The molecule has 2 aromatic carbocycles. The van der Waals surface area contributed by atoms with E-state index in [1.165, 1.54) is 18.9 Å². The number of halogens is 1. The summed E-state index contributed by atoms with van der Waals surface area (Å²) in [6, 6.07) is 16.1. The Hall–Kier alpha value is -2.70. The van der Waals surface area contributed by atoms with Gasteiger partial charge in [-0.3, -0.25) is 4.90 Å². The molecule has 1 N–H and O–H groups in total. The molecule has 30 heavy (non-hydrogen) atoms. The number of rotatable bonds is 9. The number of ether oxygens (including phenoxy) is 1. The van der Waals surface area contributed by atoms with Gasteiger partial charge in [0.05, 0.1) is 23.0 Å². The Morgan fingerprint density at radius 3 is 2.53 bits per heavy atom. The first-order chi connectivity index (χ1) is 14.5. The molecule has 0 amide bonds. The Balaban J connectivity index is 1.72. The normalized spacial score (nSPS) is 14.8. The van der Waals surface area contributed by atoms with Crippen LogP contribution in [0.2, 0.25) is 0 Å². The third-order valence-corrected chi connectivity index (χ3v) is 5.30. The van der Waals surface area contributed by atoms with Gasteiger partial charge in [0, 0.05) is 19.6 Å². The van der Waals surface area contributed by atoms with Gasteiger partial charge in [-0.15, -0.1) is 0 Å². The van der Waals surface area contributed by atoms with E-state index in [4.69, 9.17) is 9.84 Å². The van der Waals surface area contributed by atoms with Crippen LogP contribution >= 0.6 is 0 Å². The van der Waals surface area contributed by atoms with E-state index in [0.717, 1.165) is 23.5 Å². The molecule has 0 bridgehead atoms. The van der Waals surface area contributed by atoms with E-state index >= 15 is 0 Å². The maximum absolute atomic E-state index is 14.4. The first-order valence-electron chi connectivity index (χ1n) is 10.5. The lowest BCUT2D eigenvalue weighted by atomic mass is 10.2. The highest BCUT2D eigenvalue weighted by atomic mass is 19.1. The fourth-order valence-electron chi connectivity index (χ4n) is 3.67. The largest absolute Gasteiger partial charge is 0.435 e. The van der Waals surface area contributed by atoms with Gasteiger partial charge in [0.1, 0.15) is 0 Å². The van der Waals surface area contributed by atoms with Gasteiger partial charge in [-0.2, -0.15) is 5.10 Å². The Morgan fingerprint density at radius 2 is 1.87 bits per heavy atom. The van der Waals surface area contributed by atoms with Crippen LogP contribution in [0.1, 0.15) is 31.0 Å². The monoisotopic (exact) mass is 409 g/mol. The SMILES string of the molecule is Cc1nn(-c2ccccc2)c(Oc2ccccc2F)c1CN(CC(C)O)CC1CC1. The summed E-state index contributed by atoms with van der Waals surface area (Å²) in [6.07, 6.45) is 2.04. The van der Waals surface area contributed by atoms with E-state index in [-0.39, 0.29) is 5.75 Å². The zero-order chi connectivity index (χ0) is 21.1. The molecule has 1 heterocycles. The number of benzene rings is 2. The standard InChI is InChI=1S/C24H28FN3O2/c1-17(29)14-27(15-19-12-13-19)16-21-18(2)26-28(20-8-4-3-5-9-20)24(21)30-23-11-7-6-10-22(23)25/h3-11,17,19,29H,12-16H2,1-2H3. The van der Waals surface area contributed by atoms with Crippen molar-refractivity contribution in [1.29, 1.82) is 0 Å². The van der Waals surface area contributed by atoms with Crippen molar-refractivity contribution in [3.8, 4) is 17.3 Å². The van der Waals surface area contributed by atoms with Crippen molar-refractivity contribution in [2.24, 2.45) is 5.92 Å². The second kappa shape index (κ2) is 8.98. The molecule has 1 atom stereocenters. The fraction of sp³-hybridized carbons (Fsp3) is 0.375. The lowest BCUT2D eigenvalue weighted by molar-refractivity contribution is 0.118. The predicted molar refractivity (Wildman–Crippen MR) is 114 cm³/mol. The summed E-state index contributed by atoms with van der Waals surface area (Å²) in [5, 5.41) is 14.7. The van der Waals surface area contributed by atoms with Crippen LogP contribution < -0.4 is 4.74 Å². The fourth-order valence-corrected chi connectivity index (χ4v) is 3.67. The smallest absolute Gasteiger partial charge is 0.227 e. The van der Waals surface area contributed by atoms with Crippen molar-refractivity contribution in [2.45, 2.75) is 39.3 Å². The van der Waals surface area contributed by atoms with Gasteiger partial charge < -0.3 is 9.84 Å². The molecule has 4 rings (SSSR count). The van der Waals surface area contributed by atoms with Gasteiger partial charge in [0.25, 0.3) is 0 Å². The summed E-state index contributed by atoms with van der Waals surface area (Å²) >= 11 is 0. The molecule has 0 saturated heterocycles. The van der Waals surface area contributed by atoms with E-state index in [2.05, 4.69) is 4.90 Å². The summed E-state index contributed by atoms with van der Waals surface area (Å²) < 4.78 is 22.2. The number of hydrogen-bond acceptors (Lipinski definition) is 4. The van der Waals surface area contributed by atoms with Gasteiger partial charge in [-0.05, 0) is 56.9 Å². The maximum atomic E-state index is 14.4. The number of hydrogen-bond donors (Lipinski definition) is 1. The number of aliphatic hydroxyl groups excluding tert-OH is 1. The molecule has 1 unspecified atom stereocenters. The zero-order valence-corrected chi connectivity index (χ0v) is 17.5. The van der Waals surface area contributed by atoms with E-state index in [0.29, 0.717) is 24.9 Å². The average Bonchev–Trinajstić information content (AvgIpc) is 3.49. The van der Waals surface area contributed by atoms with Crippen molar-refractivity contribution in [3.63, 3.8) is 0 Å². The minimum atomic E-state index is -0.427. The molecule has 6 heteroatoms. The van der Waals surface area contributed by atoms with Crippen LogP contribution in [-0.2, 0) is 6.54 Å². The van der Waals surface area contributed by atoms with E-state index in [1.807, 2.05) is 37.3 Å². The molecular formula is C24H28FN3O2. The summed E-state index contributed by atoms with van der Waals surface area (Å²) in [5.41, 5.74) is 2.59. The predicted octanol–water partition coefficient (Wildman–Crippen LogP) is 4.70. The molecule has 1 aliphatic rings. The molecule has 1 aliphatic carbocycles. The minimum absolute atomic E-state index is 0.167. The van der Waals surface area contributed by atoms with E-state index < -0.39 is 11.9 Å². The molecule has 0 spiro atoms. The second-order valence-corrected chi connectivity index (χ2v) is 8.14. The summed E-state index contributed by atoms with van der Waals surface area (Å²) in [7, 11) is 0. The highest BCUT2D eigenvalue weighted by Crippen LogP contribution is 2.34. The van der Waals surface area contributed by atoms with Crippen LogP contribution in [0.5, 0.6) is 11.6 Å². The summed E-state index contributed by atoms with van der Waals surface area (Å²) in [4.78, 5) is 2.25. The van der Waals surface area contributed by atoms with Gasteiger partial charge in [0.15, 0.2) is 11.6 Å². The van der Waals surface area contributed by atoms with Crippen LogP contribution in [0.3, 0.4) is 0 Å². The Bertz CT molecular complexity index is 979. The summed E-state index contributed by atoms with van der Waals surface area (Å²) in [5.74, 6) is 0.945. The first kappa shape index (κ1) is 20.6. The summed E-state index contributed by atoms with van der Waals surface area (Å²) in [6.45, 7) is 5.84. The molecule has 1 fully saturated rings. The van der Waals surface area contributed by atoms with Crippen molar-refractivity contribution >= 4 is 0 Å². The molecule has 5 nitrogen and oxygen atoms in total. The molecular weight excluding hydrogens is 381 g/mol. The van der Waals surface area contributed by atoms with E-state index in [9.17, 15) is 9.50 Å². The Morgan fingerprint density at radius 1 is 1.17 bits per heavy atom. The van der Waals surface area contributed by atoms with Crippen molar-refractivity contribution < 1.29 is 14.2 Å². The number of aromatic nitrogens is 2. The molecule has 1 saturated carbocycles. The number of aliphatic hydroxyl groups is 1. The van der Waals surface area contributed by atoms with Gasteiger partial charge in [0.2, 0.25) is 5.88 Å². The Kier molecular flexibility index (Phi) is 6.16. The topological polar surface area (TPSA) is 50.5 Å². The quantitative estimate of drug-likeness (QED) is 0.556. The van der Waals surface area contributed by atoms with Crippen molar-refractivity contribution in [1.82, 2.24) is 14.7 Å². The molecule has 3 aromatic rings.